The van der Waals surface area contributed by atoms with Crippen LogP contribution in [0.25, 0.3) is 17.1 Å². The van der Waals surface area contributed by atoms with E-state index >= 15 is 0 Å². The second-order valence-corrected chi connectivity index (χ2v) is 6.99. The van der Waals surface area contributed by atoms with E-state index in [1.807, 2.05) is 42.0 Å². The lowest BCUT2D eigenvalue weighted by atomic mass is 10.1. The molecule has 0 N–H and O–H groups in total. The van der Waals surface area contributed by atoms with Gasteiger partial charge in [-0.3, -0.25) is 4.79 Å². The lowest BCUT2D eigenvalue weighted by molar-refractivity contribution is -0.127. The van der Waals surface area contributed by atoms with Crippen LogP contribution in [0.4, 0.5) is 0 Å². The van der Waals surface area contributed by atoms with Crippen LogP contribution in [0.15, 0.2) is 42.7 Å². The van der Waals surface area contributed by atoms with Gasteiger partial charge in [-0.2, -0.15) is 5.10 Å². The van der Waals surface area contributed by atoms with Gasteiger partial charge in [0.25, 0.3) is 0 Å². The van der Waals surface area contributed by atoms with Crippen LogP contribution in [-0.2, 0) is 11.3 Å². The number of aryl methyl sites for hydroxylation is 2. The number of rotatable bonds is 4. The number of amides is 1. The van der Waals surface area contributed by atoms with Crippen molar-refractivity contribution in [3.63, 3.8) is 0 Å². The van der Waals surface area contributed by atoms with Gasteiger partial charge in [0.1, 0.15) is 5.82 Å². The lowest BCUT2D eigenvalue weighted by Crippen LogP contribution is -2.32. The summed E-state index contributed by atoms with van der Waals surface area (Å²) in [6, 6.07) is 10.6. The van der Waals surface area contributed by atoms with E-state index < -0.39 is 0 Å². The van der Waals surface area contributed by atoms with Crippen LogP contribution in [0.3, 0.4) is 0 Å². The maximum Gasteiger partial charge on any atom is 0.222 e. The van der Waals surface area contributed by atoms with Crippen LogP contribution in [0.1, 0.15) is 24.2 Å². The number of nitrogens with zero attached hydrogens (tertiary/aromatic N) is 5. The Morgan fingerprint density at radius 3 is 2.77 bits per heavy atom. The van der Waals surface area contributed by atoms with Crippen LogP contribution in [0.5, 0.6) is 0 Å². The first kappa shape index (κ1) is 16.6. The molecule has 6 heteroatoms. The average molecular weight is 349 g/mol. The summed E-state index contributed by atoms with van der Waals surface area (Å²) in [4.78, 5) is 18.2. The number of hydrogen-bond acceptors (Lipinski definition) is 3. The minimum absolute atomic E-state index is 0.225. The number of likely N-dealkylation sites (N-methyl/N-ethyl adjacent to an activating group) is 1. The normalized spacial score (nSPS) is 17.3. The third-order valence-corrected chi connectivity index (χ3v) is 5.11. The molecule has 1 unspecified atom stereocenters. The monoisotopic (exact) mass is 349 g/mol. The van der Waals surface area contributed by atoms with Crippen molar-refractivity contribution in [2.45, 2.75) is 39.3 Å². The van der Waals surface area contributed by atoms with Gasteiger partial charge in [0.15, 0.2) is 0 Å². The van der Waals surface area contributed by atoms with Crippen molar-refractivity contribution in [3.8, 4) is 17.1 Å². The molecule has 1 aromatic carbocycles. The Bertz CT molecular complexity index is 955. The van der Waals surface area contributed by atoms with Gasteiger partial charge < -0.3 is 9.47 Å². The van der Waals surface area contributed by atoms with E-state index in [-0.39, 0.29) is 11.9 Å². The highest BCUT2D eigenvalue weighted by molar-refractivity contribution is 5.78. The number of aromatic nitrogens is 4. The summed E-state index contributed by atoms with van der Waals surface area (Å²) >= 11 is 0. The van der Waals surface area contributed by atoms with Crippen LogP contribution in [-0.4, -0.2) is 43.2 Å². The molecule has 0 spiro atoms. The highest BCUT2D eigenvalue weighted by Crippen LogP contribution is 2.24. The molecule has 0 radical (unpaired) electrons. The van der Waals surface area contributed by atoms with Crippen molar-refractivity contribution in [2.75, 3.05) is 7.05 Å². The molecule has 4 rings (SSSR count). The molecule has 134 valence electrons. The van der Waals surface area contributed by atoms with Crippen LogP contribution in [0.2, 0.25) is 0 Å². The molecule has 0 bridgehead atoms. The predicted octanol–water partition coefficient (Wildman–Crippen LogP) is 2.97. The molecule has 1 saturated heterocycles. The van der Waals surface area contributed by atoms with Gasteiger partial charge in [0, 0.05) is 49.7 Å². The highest BCUT2D eigenvalue weighted by Gasteiger charge is 2.28. The fourth-order valence-corrected chi connectivity index (χ4v) is 3.69. The molecule has 26 heavy (non-hydrogen) atoms. The standard InChI is InChI=1S/C20H23N5O/c1-14-11-15(2)25(22-14)17-6-4-5-16(12-17)20-21-9-10-24(20)13-18-7-8-19(26)23(18)3/h4-6,9-12,18H,7-8,13H2,1-3H3. The zero-order valence-electron chi connectivity index (χ0n) is 15.4. The summed E-state index contributed by atoms with van der Waals surface area (Å²) in [5, 5.41) is 4.57. The molecule has 2 aromatic heterocycles. The summed E-state index contributed by atoms with van der Waals surface area (Å²) in [7, 11) is 1.89. The zero-order chi connectivity index (χ0) is 18.3. The number of carbonyl (C=O) groups excluding carboxylic acids is 1. The van der Waals surface area contributed by atoms with Gasteiger partial charge in [0.2, 0.25) is 5.91 Å². The van der Waals surface area contributed by atoms with Gasteiger partial charge in [-0.05, 0) is 38.5 Å². The Morgan fingerprint density at radius 2 is 2.08 bits per heavy atom. The van der Waals surface area contributed by atoms with Gasteiger partial charge in [-0.15, -0.1) is 0 Å². The Labute approximate surface area is 153 Å². The van der Waals surface area contributed by atoms with Gasteiger partial charge in [-0.25, -0.2) is 9.67 Å². The van der Waals surface area contributed by atoms with Crippen molar-refractivity contribution >= 4 is 5.91 Å². The maximum atomic E-state index is 11.8. The van der Waals surface area contributed by atoms with E-state index in [0.717, 1.165) is 41.4 Å². The Morgan fingerprint density at radius 1 is 1.23 bits per heavy atom. The molecule has 1 aliphatic heterocycles. The predicted molar refractivity (Wildman–Crippen MR) is 100 cm³/mol. The first-order valence-electron chi connectivity index (χ1n) is 8.94. The lowest BCUT2D eigenvalue weighted by Gasteiger charge is -2.21. The largest absolute Gasteiger partial charge is 0.341 e. The Hall–Kier alpha value is -2.89. The maximum absolute atomic E-state index is 11.8. The van der Waals surface area contributed by atoms with E-state index in [9.17, 15) is 4.79 Å². The minimum atomic E-state index is 0.225. The summed E-state index contributed by atoms with van der Waals surface area (Å²) < 4.78 is 4.09. The number of benzene rings is 1. The molecular weight excluding hydrogens is 326 g/mol. The number of carbonyl (C=O) groups is 1. The molecule has 3 aromatic rings. The topological polar surface area (TPSA) is 56.0 Å². The molecule has 1 fully saturated rings. The van der Waals surface area contributed by atoms with Crippen LogP contribution < -0.4 is 0 Å². The van der Waals surface area contributed by atoms with E-state index in [2.05, 4.69) is 45.8 Å². The van der Waals surface area contributed by atoms with E-state index in [1.54, 1.807) is 0 Å². The third-order valence-electron chi connectivity index (χ3n) is 5.11. The zero-order valence-corrected chi connectivity index (χ0v) is 15.4. The summed E-state index contributed by atoms with van der Waals surface area (Å²) in [6.07, 6.45) is 5.35. The van der Waals surface area contributed by atoms with Crippen LogP contribution in [0, 0.1) is 13.8 Å². The average Bonchev–Trinajstić information content (AvgIpc) is 3.31. The van der Waals surface area contributed by atoms with Gasteiger partial charge >= 0.3 is 0 Å². The fourth-order valence-electron chi connectivity index (χ4n) is 3.69. The Balaban J connectivity index is 1.65. The van der Waals surface area contributed by atoms with Crippen LogP contribution >= 0.6 is 0 Å². The molecule has 1 amide bonds. The van der Waals surface area contributed by atoms with Crippen molar-refractivity contribution in [3.05, 3.63) is 54.1 Å². The summed E-state index contributed by atoms with van der Waals surface area (Å²) in [5.74, 6) is 1.14. The number of hydrogen-bond donors (Lipinski definition) is 0. The summed E-state index contributed by atoms with van der Waals surface area (Å²) in [5.41, 5.74) is 4.18. The van der Waals surface area contributed by atoms with E-state index in [0.29, 0.717) is 6.42 Å². The highest BCUT2D eigenvalue weighted by atomic mass is 16.2. The van der Waals surface area contributed by atoms with Crippen molar-refractivity contribution in [1.29, 1.82) is 0 Å². The van der Waals surface area contributed by atoms with E-state index in [4.69, 9.17) is 0 Å². The van der Waals surface area contributed by atoms with Crippen molar-refractivity contribution < 1.29 is 4.79 Å². The first-order valence-corrected chi connectivity index (χ1v) is 8.94. The first-order chi connectivity index (χ1) is 12.5. The van der Waals surface area contributed by atoms with Crippen molar-refractivity contribution in [2.24, 2.45) is 0 Å². The minimum Gasteiger partial charge on any atom is -0.341 e. The Kier molecular flexibility index (Phi) is 4.11. The molecule has 0 saturated carbocycles. The summed E-state index contributed by atoms with van der Waals surface area (Å²) in [6.45, 7) is 4.82. The van der Waals surface area contributed by atoms with Gasteiger partial charge in [0.05, 0.1) is 11.4 Å². The van der Waals surface area contributed by atoms with E-state index in [1.165, 1.54) is 0 Å². The molecule has 1 aliphatic rings. The molecule has 1 atom stereocenters. The number of likely N-dealkylation sites (tertiary alicyclic amines) is 1. The SMILES string of the molecule is Cc1cc(C)n(-c2cccc(-c3nccn3CC3CCC(=O)N3C)c2)n1. The molecule has 3 heterocycles. The molecule has 6 nitrogen and oxygen atoms in total. The molecule has 0 aliphatic carbocycles. The number of imidazole rings is 1. The second-order valence-electron chi connectivity index (χ2n) is 6.99. The quantitative estimate of drug-likeness (QED) is 0.728. The van der Waals surface area contributed by atoms with Crippen molar-refractivity contribution in [1.82, 2.24) is 24.2 Å². The second kappa shape index (κ2) is 6.44. The van der Waals surface area contributed by atoms with Gasteiger partial charge in [-0.1, -0.05) is 12.1 Å². The third kappa shape index (κ3) is 2.92. The fraction of sp³-hybridized carbons (Fsp3) is 0.350. The smallest absolute Gasteiger partial charge is 0.222 e. The molecular formula is C20H23N5O.